The average molecular weight is 340 g/mol. The molecule has 0 spiro atoms. The smallest absolute Gasteiger partial charge is 0.320 e. The fourth-order valence-corrected chi connectivity index (χ4v) is 2.37. The van der Waals surface area contributed by atoms with E-state index in [0.29, 0.717) is 12.4 Å². The predicted octanol–water partition coefficient (Wildman–Crippen LogP) is 2.48. The number of nitrogens with one attached hydrogen (secondary N) is 3. The third-order valence-corrected chi connectivity index (χ3v) is 3.81. The molecule has 3 rings (SSSR count). The Labute approximate surface area is 145 Å². The molecule has 0 aromatic carbocycles. The van der Waals surface area contributed by atoms with Crippen LogP contribution >= 0.6 is 0 Å². The zero-order valence-electron chi connectivity index (χ0n) is 14.3. The van der Waals surface area contributed by atoms with Crippen LogP contribution in [0.4, 0.5) is 10.6 Å². The molecule has 3 N–H and O–H groups in total. The highest BCUT2D eigenvalue weighted by Gasteiger charge is 2.11. The molecule has 0 unspecified atom stereocenters. The van der Waals surface area contributed by atoms with E-state index in [1.54, 1.807) is 25.6 Å². The second-order valence-electron chi connectivity index (χ2n) is 5.75. The Bertz CT molecular complexity index is 892. The van der Waals surface area contributed by atoms with Crippen molar-refractivity contribution in [3.05, 3.63) is 36.3 Å². The SMILES string of the molecule is CO[C@H](C)CNC(=O)Nc1cc2[nH]nc(-c3ccnc(C)c3)c2cn1. The summed E-state index contributed by atoms with van der Waals surface area (Å²) in [5, 5.41) is 13.6. The molecule has 0 aliphatic carbocycles. The van der Waals surface area contributed by atoms with E-state index in [9.17, 15) is 4.79 Å². The molecule has 0 saturated carbocycles. The number of hydrogen-bond donors (Lipinski definition) is 3. The van der Waals surface area contributed by atoms with Crippen LogP contribution in [0.3, 0.4) is 0 Å². The van der Waals surface area contributed by atoms with Crippen LogP contribution < -0.4 is 10.6 Å². The van der Waals surface area contributed by atoms with Gasteiger partial charge in [0.05, 0.1) is 11.6 Å². The van der Waals surface area contributed by atoms with Crippen molar-refractivity contribution in [2.24, 2.45) is 0 Å². The van der Waals surface area contributed by atoms with E-state index in [1.807, 2.05) is 26.0 Å². The number of amides is 2. The minimum Gasteiger partial charge on any atom is -0.380 e. The normalized spacial score (nSPS) is 12.1. The van der Waals surface area contributed by atoms with Crippen molar-refractivity contribution in [1.82, 2.24) is 25.5 Å². The molecule has 8 heteroatoms. The van der Waals surface area contributed by atoms with Crippen LogP contribution in [0.25, 0.3) is 22.2 Å². The first-order valence-corrected chi connectivity index (χ1v) is 7.91. The van der Waals surface area contributed by atoms with Crippen LogP contribution in [-0.2, 0) is 4.74 Å². The maximum Gasteiger partial charge on any atom is 0.320 e. The predicted molar refractivity (Wildman–Crippen MR) is 95.3 cm³/mol. The van der Waals surface area contributed by atoms with E-state index in [4.69, 9.17) is 4.74 Å². The number of nitrogens with zero attached hydrogens (tertiary/aromatic N) is 3. The standard InChI is InChI=1S/C17H20N6O2/c1-10-6-12(4-5-18-10)16-13-9-19-15(7-14(13)22-23-16)21-17(24)20-8-11(2)25-3/h4-7,9,11H,8H2,1-3H3,(H,22,23)(H2,19,20,21,24)/t11-/m1/s1. The van der Waals surface area contributed by atoms with Gasteiger partial charge in [-0.25, -0.2) is 9.78 Å². The second kappa shape index (κ2) is 7.27. The van der Waals surface area contributed by atoms with Gasteiger partial charge in [0.2, 0.25) is 0 Å². The largest absolute Gasteiger partial charge is 0.380 e. The Hall–Kier alpha value is -3.00. The Morgan fingerprint density at radius 1 is 1.36 bits per heavy atom. The number of methoxy groups -OCH3 is 1. The average Bonchev–Trinajstić information content (AvgIpc) is 3.03. The van der Waals surface area contributed by atoms with Crippen molar-refractivity contribution in [1.29, 1.82) is 0 Å². The molecule has 0 aliphatic rings. The number of pyridine rings is 2. The Morgan fingerprint density at radius 3 is 2.96 bits per heavy atom. The first-order chi connectivity index (χ1) is 12.1. The Morgan fingerprint density at radius 2 is 2.20 bits per heavy atom. The summed E-state index contributed by atoms with van der Waals surface area (Å²) in [6.45, 7) is 4.22. The number of aromatic amines is 1. The lowest BCUT2D eigenvalue weighted by atomic mass is 10.1. The zero-order chi connectivity index (χ0) is 17.8. The van der Waals surface area contributed by atoms with Crippen LogP contribution in [-0.4, -0.2) is 46.0 Å². The number of aromatic nitrogens is 4. The van der Waals surface area contributed by atoms with Crippen molar-refractivity contribution >= 4 is 22.8 Å². The third-order valence-electron chi connectivity index (χ3n) is 3.81. The van der Waals surface area contributed by atoms with E-state index in [-0.39, 0.29) is 12.1 Å². The van der Waals surface area contributed by atoms with E-state index < -0.39 is 0 Å². The number of carbonyl (C=O) groups excluding carboxylic acids is 1. The summed E-state index contributed by atoms with van der Waals surface area (Å²) in [7, 11) is 1.60. The number of ether oxygens (including phenoxy) is 1. The number of H-pyrrole nitrogens is 1. The minimum absolute atomic E-state index is 0.0554. The highest BCUT2D eigenvalue weighted by atomic mass is 16.5. The van der Waals surface area contributed by atoms with Crippen LogP contribution in [0.5, 0.6) is 0 Å². The summed E-state index contributed by atoms with van der Waals surface area (Å²) in [6.07, 6.45) is 3.39. The lowest BCUT2D eigenvalue weighted by Gasteiger charge is -2.11. The summed E-state index contributed by atoms with van der Waals surface area (Å²) >= 11 is 0. The van der Waals surface area contributed by atoms with Gasteiger partial charge in [-0.3, -0.25) is 15.4 Å². The molecule has 0 radical (unpaired) electrons. The molecule has 2 amide bonds. The first kappa shape index (κ1) is 16.8. The summed E-state index contributed by atoms with van der Waals surface area (Å²) in [6, 6.07) is 5.28. The molecular formula is C17H20N6O2. The molecular weight excluding hydrogens is 320 g/mol. The van der Waals surface area contributed by atoms with Crippen LogP contribution in [0, 0.1) is 6.92 Å². The highest BCUT2D eigenvalue weighted by Crippen LogP contribution is 2.26. The molecule has 0 saturated heterocycles. The van der Waals surface area contributed by atoms with E-state index >= 15 is 0 Å². The van der Waals surface area contributed by atoms with E-state index in [0.717, 1.165) is 27.9 Å². The maximum atomic E-state index is 11.9. The van der Waals surface area contributed by atoms with Gasteiger partial charge >= 0.3 is 6.03 Å². The van der Waals surface area contributed by atoms with Gasteiger partial charge in [-0.2, -0.15) is 5.10 Å². The van der Waals surface area contributed by atoms with Gasteiger partial charge in [-0.1, -0.05) is 0 Å². The second-order valence-corrected chi connectivity index (χ2v) is 5.75. The van der Waals surface area contributed by atoms with Crippen molar-refractivity contribution in [2.45, 2.75) is 20.0 Å². The maximum absolute atomic E-state index is 11.9. The number of hydrogen-bond acceptors (Lipinski definition) is 5. The van der Waals surface area contributed by atoms with Crippen molar-refractivity contribution in [3.8, 4) is 11.3 Å². The fourth-order valence-electron chi connectivity index (χ4n) is 2.37. The van der Waals surface area contributed by atoms with Crippen molar-refractivity contribution in [3.63, 3.8) is 0 Å². The number of aryl methyl sites for hydroxylation is 1. The highest BCUT2D eigenvalue weighted by molar-refractivity contribution is 5.95. The quantitative estimate of drug-likeness (QED) is 0.662. The molecule has 0 fully saturated rings. The van der Waals surface area contributed by atoms with Gasteiger partial charge in [0.25, 0.3) is 0 Å². The number of anilines is 1. The molecule has 25 heavy (non-hydrogen) atoms. The fraction of sp³-hybridized carbons (Fsp3) is 0.294. The molecule has 8 nitrogen and oxygen atoms in total. The number of rotatable bonds is 5. The summed E-state index contributed by atoms with van der Waals surface area (Å²) in [5.74, 6) is 0.441. The Kier molecular flexibility index (Phi) is 4.90. The van der Waals surface area contributed by atoms with Gasteiger partial charge in [0, 0.05) is 48.8 Å². The van der Waals surface area contributed by atoms with Crippen LogP contribution in [0.1, 0.15) is 12.6 Å². The lowest BCUT2D eigenvalue weighted by Crippen LogP contribution is -2.35. The van der Waals surface area contributed by atoms with Gasteiger partial charge in [-0.05, 0) is 26.0 Å². The number of carbonyl (C=O) groups is 1. The monoisotopic (exact) mass is 340 g/mol. The molecule has 0 bridgehead atoms. The molecule has 0 aliphatic heterocycles. The third kappa shape index (κ3) is 3.92. The summed E-state index contributed by atoms with van der Waals surface area (Å²) < 4.78 is 5.09. The van der Waals surface area contributed by atoms with Gasteiger partial charge in [0.15, 0.2) is 0 Å². The number of urea groups is 1. The van der Waals surface area contributed by atoms with Crippen LogP contribution in [0.15, 0.2) is 30.6 Å². The molecule has 3 heterocycles. The first-order valence-electron chi connectivity index (χ1n) is 7.91. The number of fused-ring (bicyclic) bond motifs is 1. The molecule has 3 aromatic rings. The van der Waals surface area contributed by atoms with Crippen molar-refractivity contribution < 1.29 is 9.53 Å². The molecule has 130 valence electrons. The van der Waals surface area contributed by atoms with E-state index in [1.165, 1.54) is 0 Å². The van der Waals surface area contributed by atoms with Gasteiger partial charge < -0.3 is 10.1 Å². The summed E-state index contributed by atoms with van der Waals surface area (Å²) in [4.78, 5) is 20.4. The van der Waals surface area contributed by atoms with Gasteiger partial charge in [-0.15, -0.1) is 0 Å². The Balaban J connectivity index is 1.77. The topological polar surface area (TPSA) is 105 Å². The zero-order valence-corrected chi connectivity index (χ0v) is 14.3. The molecule has 1 atom stereocenters. The van der Waals surface area contributed by atoms with Crippen LogP contribution in [0.2, 0.25) is 0 Å². The van der Waals surface area contributed by atoms with Crippen molar-refractivity contribution in [2.75, 3.05) is 19.0 Å². The van der Waals surface area contributed by atoms with Gasteiger partial charge in [0.1, 0.15) is 11.5 Å². The van der Waals surface area contributed by atoms with E-state index in [2.05, 4.69) is 30.8 Å². The minimum atomic E-state index is -0.333. The lowest BCUT2D eigenvalue weighted by molar-refractivity contribution is 0.119. The molecule has 3 aromatic heterocycles. The summed E-state index contributed by atoms with van der Waals surface area (Å²) in [5.41, 5.74) is 3.48.